The number of aliphatic hydroxyl groups excluding tert-OH is 1. The van der Waals surface area contributed by atoms with Crippen molar-refractivity contribution in [3.05, 3.63) is 56.9 Å². The largest absolute Gasteiger partial charge is 0.463 e. The second-order valence-electron chi connectivity index (χ2n) is 9.22. The molecule has 2 N–H and O–H groups in total. The molecule has 220 valence electrons. The third kappa shape index (κ3) is 8.29. The fourth-order valence-corrected chi connectivity index (χ4v) is 4.72. The molecule has 0 saturated carbocycles. The van der Waals surface area contributed by atoms with Gasteiger partial charge in [-0.2, -0.15) is 4.39 Å². The van der Waals surface area contributed by atoms with E-state index in [9.17, 15) is 23.9 Å². The summed E-state index contributed by atoms with van der Waals surface area (Å²) in [7, 11) is 3.29. The number of aromatic amines is 1. The van der Waals surface area contributed by atoms with Crippen LogP contribution in [-0.4, -0.2) is 81.0 Å². The van der Waals surface area contributed by atoms with E-state index in [4.69, 9.17) is 37.7 Å². The molecule has 0 radical (unpaired) electrons. The average molecular weight is 602 g/mol. The lowest BCUT2D eigenvalue weighted by Gasteiger charge is -2.22. The first-order chi connectivity index (χ1) is 19.2. The van der Waals surface area contributed by atoms with Gasteiger partial charge in [0.1, 0.15) is 18.5 Å². The fourth-order valence-electron chi connectivity index (χ4n) is 4.31. The summed E-state index contributed by atoms with van der Waals surface area (Å²) < 4.78 is 26.9. The molecule has 0 aliphatic heterocycles. The van der Waals surface area contributed by atoms with Crippen molar-refractivity contribution in [2.75, 3.05) is 43.5 Å². The molecule has 0 saturated heterocycles. The van der Waals surface area contributed by atoms with Crippen LogP contribution in [-0.2, 0) is 34.3 Å². The van der Waals surface area contributed by atoms with Crippen LogP contribution < -0.4 is 16.1 Å². The third-order valence-corrected chi connectivity index (χ3v) is 6.92. The molecule has 40 heavy (non-hydrogen) atoms. The number of methoxy groups -OCH3 is 1. The van der Waals surface area contributed by atoms with Crippen LogP contribution in [0.2, 0.25) is 0 Å². The van der Waals surface area contributed by atoms with E-state index in [1.807, 2.05) is 34.8 Å². The molecule has 3 rings (SSSR count). The number of aryl methyl sites for hydroxylation is 3. The molecule has 1 aromatic carbocycles. The van der Waals surface area contributed by atoms with Crippen molar-refractivity contribution in [3.63, 3.8) is 0 Å². The summed E-state index contributed by atoms with van der Waals surface area (Å²) in [5, 5.41) is 10.4. The lowest BCUT2D eigenvalue weighted by atomic mass is 10.1. The van der Waals surface area contributed by atoms with Crippen molar-refractivity contribution in [1.82, 2.24) is 19.1 Å². The van der Waals surface area contributed by atoms with Crippen molar-refractivity contribution >= 4 is 45.9 Å². The van der Waals surface area contributed by atoms with Gasteiger partial charge in [0.15, 0.2) is 0 Å². The molecule has 0 aliphatic carbocycles. The Balaban J connectivity index is 1.49. The van der Waals surface area contributed by atoms with Crippen LogP contribution in [0.3, 0.4) is 0 Å². The van der Waals surface area contributed by atoms with Crippen molar-refractivity contribution in [2.45, 2.75) is 44.4 Å². The number of esters is 1. The van der Waals surface area contributed by atoms with E-state index in [2.05, 4.69) is 4.90 Å². The predicted octanol–water partition coefficient (Wildman–Crippen LogP) is 2.18. The van der Waals surface area contributed by atoms with Crippen LogP contribution in [0.5, 0.6) is 0 Å². The summed E-state index contributed by atoms with van der Waals surface area (Å²) in [4.78, 5) is 43.9. The minimum atomic E-state index is -1.11. The Morgan fingerprint density at radius 2 is 1.98 bits per heavy atom. The maximum Gasteiger partial charge on any atom is 0.328 e. The normalized spacial score (nSPS) is 12.9. The quantitative estimate of drug-likeness (QED) is 0.189. The number of alkyl halides is 2. The number of benzene rings is 1. The van der Waals surface area contributed by atoms with Gasteiger partial charge < -0.3 is 24.0 Å². The number of nitrogens with one attached hydrogen (secondary N) is 1. The Morgan fingerprint density at radius 1 is 1.25 bits per heavy atom. The van der Waals surface area contributed by atoms with Crippen molar-refractivity contribution in [1.29, 1.82) is 0 Å². The van der Waals surface area contributed by atoms with Gasteiger partial charge in [-0.25, -0.2) is 9.78 Å². The molecule has 2 heterocycles. The summed E-state index contributed by atoms with van der Waals surface area (Å²) in [5.41, 5.74) is 0.910. The molecule has 0 amide bonds. The molecule has 2 atom stereocenters. The van der Waals surface area contributed by atoms with E-state index in [0.29, 0.717) is 37.7 Å². The Hall–Kier alpha value is -2.93. The molecular formula is C26H34Cl2FN5O6. The summed E-state index contributed by atoms with van der Waals surface area (Å²) in [6, 6.07) is 6.03. The Kier molecular flexibility index (Phi) is 12.0. The molecule has 0 unspecified atom stereocenters. The second kappa shape index (κ2) is 15.2. The van der Waals surface area contributed by atoms with Gasteiger partial charge in [0.05, 0.1) is 23.3 Å². The maximum atomic E-state index is 13.4. The molecule has 14 heteroatoms. The summed E-state index contributed by atoms with van der Waals surface area (Å²) in [6.45, 7) is 1.09. The third-order valence-electron chi connectivity index (χ3n) is 6.59. The molecular weight excluding hydrogens is 568 g/mol. The van der Waals surface area contributed by atoms with Gasteiger partial charge in [-0.15, -0.1) is 23.2 Å². The van der Waals surface area contributed by atoms with Gasteiger partial charge in [-0.1, -0.05) is 0 Å². The number of fused-ring (bicyclic) bond motifs is 1. The Morgan fingerprint density at radius 3 is 2.65 bits per heavy atom. The summed E-state index contributed by atoms with van der Waals surface area (Å²) in [5.74, 6) is 0.252. The number of carbonyl (C=O) groups excluding carboxylic acids is 1. The Labute approximate surface area is 240 Å². The van der Waals surface area contributed by atoms with E-state index < -0.39 is 35.2 Å². The lowest BCUT2D eigenvalue weighted by molar-refractivity contribution is -0.150. The topological polar surface area (TPSA) is 132 Å². The van der Waals surface area contributed by atoms with Gasteiger partial charge in [-0.3, -0.25) is 19.1 Å². The molecule has 0 spiro atoms. The van der Waals surface area contributed by atoms with Crippen LogP contribution in [0.4, 0.5) is 10.1 Å². The highest BCUT2D eigenvalue weighted by Gasteiger charge is 2.21. The maximum absolute atomic E-state index is 13.4. The minimum Gasteiger partial charge on any atom is -0.463 e. The summed E-state index contributed by atoms with van der Waals surface area (Å²) >= 11 is 11.9. The molecule has 0 fully saturated rings. The lowest BCUT2D eigenvalue weighted by Crippen LogP contribution is -2.36. The van der Waals surface area contributed by atoms with Crippen LogP contribution in [0.25, 0.3) is 11.0 Å². The Bertz CT molecular complexity index is 1390. The van der Waals surface area contributed by atoms with Crippen LogP contribution in [0, 0.1) is 5.82 Å². The zero-order valence-corrected chi connectivity index (χ0v) is 24.0. The number of hydrogen-bond acceptors (Lipinski definition) is 8. The highest BCUT2D eigenvalue weighted by atomic mass is 35.5. The van der Waals surface area contributed by atoms with E-state index in [-0.39, 0.29) is 26.0 Å². The molecule has 0 bridgehead atoms. The van der Waals surface area contributed by atoms with Crippen molar-refractivity contribution < 1.29 is 23.8 Å². The molecule has 3 aromatic rings. The number of halogens is 3. The number of carbonyl (C=O) groups is 1. The number of nitrogens with zero attached hydrogens (tertiary/aromatic N) is 4. The van der Waals surface area contributed by atoms with Gasteiger partial charge in [0, 0.05) is 64.1 Å². The zero-order chi connectivity index (χ0) is 29.2. The molecule has 2 aromatic heterocycles. The van der Waals surface area contributed by atoms with E-state index >= 15 is 0 Å². The number of rotatable bonds is 16. The van der Waals surface area contributed by atoms with E-state index in [1.165, 1.54) is 7.11 Å². The van der Waals surface area contributed by atoms with Crippen LogP contribution in [0.1, 0.15) is 25.1 Å². The average Bonchev–Trinajstić information content (AvgIpc) is 3.24. The fraction of sp³-hybridized carbons (Fsp3) is 0.538. The van der Waals surface area contributed by atoms with Gasteiger partial charge in [-0.05, 0) is 31.0 Å². The number of aromatic nitrogens is 4. The number of hydrogen-bond donors (Lipinski definition) is 2. The first-order valence-electron chi connectivity index (χ1n) is 12.9. The number of aliphatic hydroxyl groups is 1. The van der Waals surface area contributed by atoms with Gasteiger partial charge in [0.2, 0.25) is 5.82 Å². The van der Waals surface area contributed by atoms with Crippen LogP contribution in [0.15, 0.2) is 34.0 Å². The SMILES string of the molecule is CO[C@H](COC(=O)CCCc1nc2cc(N(CCCl)CCCl)ccc2n1C)[C@H](O)CCn1cc(F)c(=O)[nH]c1=O. The van der Waals surface area contributed by atoms with Gasteiger partial charge >= 0.3 is 11.7 Å². The molecule has 11 nitrogen and oxygen atoms in total. The van der Waals surface area contributed by atoms with Crippen molar-refractivity contribution in [2.24, 2.45) is 7.05 Å². The minimum absolute atomic E-state index is 0.00535. The number of H-pyrrole nitrogens is 1. The number of ether oxygens (including phenoxy) is 2. The monoisotopic (exact) mass is 601 g/mol. The van der Waals surface area contributed by atoms with E-state index in [1.54, 1.807) is 0 Å². The highest BCUT2D eigenvalue weighted by molar-refractivity contribution is 6.18. The first kappa shape index (κ1) is 31.6. The van der Waals surface area contributed by atoms with E-state index in [0.717, 1.165) is 33.3 Å². The smallest absolute Gasteiger partial charge is 0.328 e. The number of anilines is 1. The van der Waals surface area contributed by atoms with Crippen molar-refractivity contribution in [3.8, 4) is 0 Å². The standard InChI is InChI=1S/C26H34Cl2FN5O6/c1-32-20-7-6-17(33(12-9-27)13-10-28)14-19(20)30-23(32)4-3-5-24(36)40-16-22(39-2)21(35)8-11-34-15-18(29)25(37)31-26(34)38/h6-7,14-15,21-22,35H,3-5,8-13,16H2,1-2H3,(H,31,37,38)/t21-,22-/m1/s1. The predicted molar refractivity (Wildman–Crippen MR) is 151 cm³/mol. The molecule has 0 aliphatic rings. The summed E-state index contributed by atoms with van der Waals surface area (Å²) in [6.07, 6.45) is 0.0416. The number of imidazole rings is 1. The zero-order valence-electron chi connectivity index (χ0n) is 22.4. The van der Waals surface area contributed by atoms with Crippen LogP contribution >= 0.6 is 23.2 Å². The second-order valence-corrected chi connectivity index (χ2v) is 9.98. The first-order valence-corrected chi connectivity index (χ1v) is 13.9. The highest BCUT2D eigenvalue weighted by Crippen LogP contribution is 2.23. The van der Waals surface area contributed by atoms with Gasteiger partial charge in [0.25, 0.3) is 5.56 Å².